The van der Waals surface area contributed by atoms with Crippen LogP contribution in [0, 0.1) is 17.0 Å². The third kappa shape index (κ3) is 4.91. The molecule has 34 heavy (non-hydrogen) atoms. The van der Waals surface area contributed by atoms with Crippen molar-refractivity contribution in [2.75, 3.05) is 25.0 Å². The lowest BCUT2D eigenvalue weighted by molar-refractivity contribution is -0.385. The normalized spacial score (nSPS) is 14.1. The standard InChI is InChI=1S/C22H23N5O6S/c1-3-32-21(28)16-11-19(33-25-16)17-12-34-20(23-17)14-7-9-26(10-8-14)22(29)24-15-5-4-6-18(13(15)2)27(30)31/h4-6,11-12,14H,3,7-10H2,1-2H3,(H,24,29). The fraction of sp³-hybridized carbons (Fsp3) is 0.364. The lowest BCUT2D eigenvalue weighted by atomic mass is 9.98. The quantitative estimate of drug-likeness (QED) is 0.303. The lowest BCUT2D eigenvalue weighted by Gasteiger charge is -2.31. The maximum absolute atomic E-state index is 12.7. The number of thiazole rings is 1. The second kappa shape index (κ2) is 10.00. The molecular weight excluding hydrogens is 462 g/mol. The molecule has 1 aromatic carbocycles. The van der Waals surface area contributed by atoms with E-state index in [1.807, 2.05) is 5.38 Å². The molecule has 0 radical (unpaired) electrons. The van der Waals surface area contributed by atoms with Gasteiger partial charge in [0.2, 0.25) is 0 Å². The Bertz CT molecular complexity index is 1210. The topological polar surface area (TPSA) is 141 Å². The molecule has 0 bridgehead atoms. The van der Waals surface area contributed by atoms with Gasteiger partial charge in [0.25, 0.3) is 5.69 Å². The number of nitro benzene ring substituents is 1. The fourth-order valence-corrected chi connectivity index (χ4v) is 4.75. The number of ether oxygens (including phenoxy) is 1. The van der Waals surface area contributed by atoms with Crippen LogP contribution in [0.4, 0.5) is 16.2 Å². The molecule has 1 aliphatic rings. The van der Waals surface area contributed by atoms with Crippen LogP contribution in [-0.2, 0) is 4.74 Å². The van der Waals surface area contributed by atoms with E-state index in [0.717, 1.165) is 17.8 Å². The maximum Gasteiger partial charge on any atom is 0.360 e. The van der Waals surface area contributed by atoms with Crippen LogP contribution in [0.2, 0.25) is 0 Å². The number of nitrogens with one attached hydrogen (secondary N) is 1. The van der Waals surface area contributed by atoms with Crippen LogP contribution >= 0.6 is 11.3 Å². The molecule has 3 aromatic rings. The summed E-state index contributed by atoms with van der Waals surface area (Å²) in [7, 11) is 0. The van der Waals surface area contributed by atoms with E-state index in [-0.39, 0.29) is 29.9 Å². The second-order valence-corrected chi connectivity index (χ2v) is 8.66. The Kier molecular flexibility index (Phi) is 6.87. The average Bonchev–Trinajstić information content (AvgIpc) is 3.50. The summed E-state index contributed by atoms with van der Waals surface area (Å²) < 4.78 is 10.2. The number of amides is 2. The number of likely N-dealkylation sites (tertiary alicyclic amines) is 1. The number of nitrogens with zero attached hydrogens (tertiary/aromatic N) is 4. The average molecular weight is 486 g/mol. The van der Waals surface area contributed by atoms with E-state index in [2.05, 4.69) is 15.5 Å². The molecule has 0 spiro atoms. The SMILES string of the molecule is CCOC(=O)c1cc(-c2csc(C3CCN(C(=O)Nc4cccc([N+](=O)[O-])c4C)CC3)n2)on1. The highest BCUT2D eigenvalue weighted by Gasteiger charge is 2.27. The van der Waals surface area contributed by atoms with Gasteiger partial charge in [-0.2, -0.15) is 0 Å². The van der Waals surface area contributed by atoms with Crippen LogP contribution < -0.4 is 5.32 Å². The van der Waals surface area contributed by atoms with Gasteiger partial charge < -0.3 is 19.5 Å². The molecule has 1 saturated heterocycles. The van der Waals surface area contributed by atoms with Crippen LogP contribution in [0.5, 0.6) is 0 Å². The van der Waals surface area contributed by atoms with Gasteiger partial charge in [0.05, 0.1) is 27.8 Å². The summed E-state index contributed by atoms with van der Waals surface area (Å²) in [5, 5.41) is 20.4. The van der Waals surface area contributed by atoms with Gasteiger partial charge in [0.15, 0.2) is 11.5 Å². The number of piperidine rings is 1. The van der Waals surface area contributed by atoms with E-state index in [4.69, 9.17) is 9.26 Å². The summed E-state index contributed by atoms with van der Waals surface area (Å²) in [6, 6.07) is 5.85. The Balaban J connectivity index is 1.35. The van der Waals surface area contributed by atoms with Crippen LogP contribution in [0.25, 0.3) is 11.5 Å². The third-order valence-corrected chi connectivity index (χ3v) is 6.65. The molecule has 0 saturated carbocycles. The largest absolute Gasteiger partial charge is 0.461 e. The van der Waals surface area contributed by atoms with E-state index in [1.165, 1.54) is 23.5 Å². The van der Waals surface area contributed by atoms with Crippen LogP contribution in [0.15, 0.2) is 34.2 Å². The van der Waals surface area contributed by atoms with Crippen molar-refractivity contribution in [1.82, 2.24) is 15.0 Å². The van der Waals surface area contributed by atoms with E-state index in [1.54, 1.807) is 30.9 Å². The number of urea groups is 1. The molecule has 0 atom stereocenters. The number of aromatic nitrogens is 2. The number of benzene rings is 1. The molecule has 12 heteroatoms. The number of anilines is 1. The molecule has 0 unspecified atom stereocenters. The van der Waals surface area contributed by atoms with Crippen molar-refractivity contribution in [3.05, 3.63) is 56.0 Å². The minimum Gasteiger partial charge on any atom is -0.461 e. The predicted molar refractivity (Wildman–Crippen MR) is 124 cm³/mol. The molecule has 1 N–H and O–H groups in total. The van der Waals surface area contributed by atoms with Gasteiger partial charge in [-0.05, 0) is 32.8 Å². The Morgan fingerprint density at radius 3 is 2.82 bits per heavy atom. The zero-order chi connectivity index (χ0) is 24.2. The molecule has 0 aliphatic carbocycles. The minimum absolute atomic E-state index is 0.0304. The number of hydrogen-bond donors (Lipinski definition) is 1. The Hall–Kier alpha value is -3.80. The number of carbonyl (C=O) groups excluding carboxylic acids is 2. The number of carbonyl (C=O) groups is 2. The summed E-state index contributed by atoms with van der Waals surface area (Å²) in [6.07, 6.45) is 1.47. The molecule has 2 aromatic heterocycles. The highest BCUT2D eigenvalue weighted by molar-refractivity contribution is 7.10. The Morgan fingerprint density at radius 2 is 2.12 bits per heavy atom. The van der Waals surface area contributed by atoms with Crippen molar-refractivity contribution in [2.45, 2.75) is 32.6 Å². The minimum atomic E-state index is -0.543. The molecule has 178 valence electrons. The summed E-state index contributed by atoms with van der Waals surface area (Å²) in [6.45, 7) is 4.66. The summed E-state index contributed by atoms with van der Waals surface area (Å²) in [5.41, 5.74) is 1.52. The number of rotatable bonds is 6. The molecule has 1 aliphatic heterocycles. The fourth-order valence-electron chi connectivity index (χ4n) is 3.77. The molecule has 11 nitrogen and oxygen atoms in total. The van der Waals surface area contributed by atoms with Crippen LogP contribution in [-0.4, -0.2) is 51.7 Å². The van der Waals surface area contributed by atoms with Crippen LogP contribution in [0.3, 0.4) is 0 Å². The summed E-state index contributed by atoms with van der Waals surface area (Å²) >= 11 is 1.50. The summed E-state index contributed by atoms with van der Waals surface area (Å²) in [4.78, 5) is 41.5. The first kappa shape index (κ1) is 23.4. The molecule has 1 fully saturated rings. The zero-order valence-electron chi connectivity index (χ0n) is 18.6. The monoisotopic (exact) mass is 485 g/mol. The molecule has 3 heterocycles. The number of esters is 1. The number of nitro groups is 1. The van der Waals surface area contributed by atoms with Crippen LogP contribution in [0.1, 0.15) is 46.7 Å². The first-order valence-electron chi connectivity index (χ1n) is 10.8. The predicted octanol–water partition coefficient (Wildman–Crippen LogP) is 4.60. The third-order valence-electron chi connectivity index (χ3n) is 5.64. The van der Waals surface area contributed by atoms with Crippen molar-refractivity contribution in [3.63, 3.8) is 0 Å². The first-order valence-corrected chi connectivity index (χ1v) is 11.6. The lowest BCUT2D eigenvalue weighted by Crippen LogP contribution is -2.40. The first-order chi connectivity index (χ1) is 16.4. The van der Waals surface area contributed by atoms with Gasteiger partial charge in [-0.15, -0.1) is 11.3 Å². The van der Waals surface area contributed by atoms with Gasteiger partial charge >= 0.3 is 12.0 Å². The van der Waals surface area contributed by atoms with Gasteiger partial charge in [-0.1, -0.05) is 11.2 Å². The molecule has 2 amide bonds. The van der Waals surface area contributed by atoms with Gasteiger partial charge in [0, 0.05) is 36.5 Å². The molecular formula is C22H23N5O6S. The zero-order valence-corrected chi connectivity index (χ0v) is 19.5. The molecule has 4 rings (SSSR count). The van der Waals surface area contributed by atoms with Crippen molar-refractivity contribution in [2.24, 2.45) is 0 Å². The van der Waals surface area contributed by atoms with Crippen molar-refractivity contribution < 1.29 is 23.8 Å². The van der Waals surface area contributed by atoms with E-state index >= 15 is 0 Å². The van der Waals surface area contributed by atoms with Gasteiger partial charge in [-0.25, -0.2) is 14.6 Å². The van der Waals surface area contributed by atoms with Gasteiger partial charge in [-0.3, -0.25) is 10.1 Å². The smallest absolute Gasteiger partial charge is 0.360 e. The van der Waals surface area contributed by atoms with E-state index in [9.17, 15) is 19.7 Å². The van der Waals surface area contributed by atoms with Crippen molar-refractivity contribution in [3.8, 4) is 11.5 Å². The maximum atomic E-state index is 12.7. The Morgan fingerprint density at radius 1 is 1.35 bits per heavy atom. The van der Waals surface area contributed by atoms with Gasteiger partial charge in [0.1, 0.15) is 5.69 Å². The van der Waals surface area contributed by atoms with Crippen molar-refractivity contribution in [1.29, 1.82) is 0 Å². The van der Waals surface area contributed by atoms with Crippen molar-refractivity contribution >= 4 is 34.7 Å². The highest BCUT2D eigenvalue weighted by Crippen LogP contribution is 2.33. The highest BCUT2D eigenvalue weighted by atomic mass is 32.1. The summed E-state index contributed by atoms with van der Waals surface area (Å²) in [5.74, 6) is 0.0448. The Labute approximate surface area is 198 Å². The second-order valence-electron chi connectivity index (χ2n) is 7.77. The van der Waals surface area contributed by atoms with E-state index in [0.29, 0.717) is 35.8 Å². The van der Waals surface area contributed by atoms with E-state index < -0.39 is 10.9 Å². The number of hydrogen-bond acceptors (Lipinski definition) is 9.